The Morgan fingerprint density at radius 2 is 1.29 bits per heavy atom. The summed E-state index contributed by atoms with van der Waals surface area (Å²) in [6.07, 6.45) is 0. The van der Waals surface area contributed by atoms with Crippen molar-refractivity contribution in [3.8, 4) is 0 Å². The zero-order valence-electron chi connectivity index (χ0n) is 4.47. The first-order valence-corrected chi connectivity index (χ1v) is 2.67. The Kier molecular flexibility index (Phi) is 11.9. The summed E-state index contributed by atoms with van der Waals surface area (Å²) < 4.78 is 31.8. The normalized spacial score (nSPS) is 8.29. The van der Waals surface area contributed by atoms with Crippen LogP contribution in [0.25, 0.3) is 0 Å². The van der Waals surface area contributed by atoms with Gasteiger partial charge in [-0.3, -0.25) is 0 Å². The van der Waals surface area contributed by atoms with Gasteiger partial charge in [0.1, 0.15) is 0 Å². The third-order valence-electron chi connectivity index (χ3n) is 0. The maximum absolute atomic E-state index is 8.80. The van der Waals surface area contributed by atoms with Crippen molar-refractivity contribution >= 4 is 0 Å². The summed E-state index contributed by atoms with van der Waals surface area (Å²) in [5.74, 6) is 0. The third-order valence-corrected chi connectivity index (χ3v) is 0. The Morgan fingerprint density at radius 1 is 1.29 bits per heavy atom. The van der Waals surface area contributed by atoms with Crippen LogP contribution in [0.15, 0.2) is 0 Å². The van der Waals surface area contributed by atoms with Crippen LogP contribution in [-0.2, 0) is 38.1 Å². The van der Waals surface area contributed by atoms with Crippen molar-refractivity contribution in [2.45, 2.75) is 0 Å². The fraction of sp³-hybridized carbons (Fsp3) is 0. The molecule has 0 fully saturated rings. The Balaban J connectivity index is -0.0000000267. The average molecular weight is 184 g/mol. The average Bonchev–Trinajstić information content (AvgIpc) is 0.722. The van der Waals surface area contributed by atoms with Crippen LogP contribution in [0.4, 0.5) is 0 Å². The molecule has 0 rings (SSSR count). The van der Waals surface area contributed by atoms with Crippen molar-refractivity contribution in [2.24, 2.45) is 0 Å². The molecule has 0 aliphatic carbocycles. The van der Waals surface area contributed by atoms with Gasteiger partial charge in [0.2, 0.25) is 0 Å². The molecule has 0 aliphatic heterocycles. The summed E-state index contributed by atoms with van der Waals surface area (Å²) in [7, 11) is 0. The van der Waals surface area contributed by atoms with E-state index in [1.807, 2.05) is 0 Å². The minimum atomic E-state index is -5.12. The zero-order valence-corrected chi connectivity index (χ0v) is 5.83. The molecule has 0 unspecified atom stereocenters. The molecule has 0 aromatic carbocycles. The molecule has 0 spiro atoms. The summed E-state index contributed by atoms with van der Waals surface area (Å²) in [5, 5.41) is 0. The standard InChI is InChI=1S/Li.2Mn.2H2O.2O.H/h;;;2*1H2;;;/q+1;;+2;;;;;-1/p-2. The van der Waals surface area contributed by atoms with Crippen LogP contribution in [0.1, 0.15) is 1.43 Å². The van der Waals surface area contributed by atoms with E-state index in [1.54, 1.807) is 0 Å². The third kappa shape index (κ3) is 142. The quantitative estimate of drug-likeness (QED) is 0.374. The predicted molar refractivity (Wildman–Crippen MR) is 6.92 cm³/mol. The number of hydrogen-bond donors (Lipinski definition) is 2. The van der Waals surface area contributed by atoms with E-state index in [9.17, 15) is 0 Å². The molecule has 1 radical (unpaired) electrons. The zero-order chi connectivity index (χ0) is 4.50. The Labute approximate surface area is 66.7 Å². The first-order valence-electron chi connectivity index (χ1n) is 0.647. The number of hydrogen-bond acceptors (Lipinski definition) is 2. The van der Waals surface area contributed by atoms with E-state index in [-0.39, 0.29) is 37.4 Å². The first-order chi connectivity index (χ1) is 2.00. The summed E-state index contributed by atoms with van der Waals surface area (Å²) >= 11 is -5.12. The fourth-order valence-electron chi connectivity index (χ4n) is 0. The van der Waals surface area contributed by atoms with Crippen LogP contribution in [0.2, 0.25) is 0 Å². The molecule has 0 aliphatic rings. The second kappa shape index (κ2) is 5.30. The second-order valence-electron chi connectivity index (χ2n) is 0.415. The minimum absolute atomic E-state index is 0. The maximum atomic E-state index is 8.80. The molecule has 7 heavy (non-hydrogen) atoms. The van der Waals surface area contributed by atoms with Crippen LogP contribution in [0, 0.1) is 0 Å². The topological polar surface area (TPSA) is 74.6 Å². The Bertz CT molecular complexity index is 97.2. The van der Waals surface area contributed by atoms with Crippen LogP contribution in [0.5, 0.6) is 0 Å². The molecule has 0 saturated heterocycles. The second-order valence-corrected chi connectivity index (χ2v) is 1.71. The fourth-order valence-corrected chi connectivity index (χ4v) is 0. The molecule has 0 aromatic rings. The Morgan fingerprint density at radius 3 is 1.29 bits per heavy atom. The van der Waals surface area contributed by atoms with Crippen molar-refractivity contribution in [3.05, 3.63) is 0 Å². The van der Waals surface area contributed by atoms with Gasteiger partial charge in [-0.2, -0.15) is 0 Å². The van der Waals surface area contributed by atoms with Crippen molar-refractivity contribution < 1.29 is 66.8 Å². The summed E-state index contributed by atoms with van der Waals surface area (Å²) in [5.41, 5.74) is 0. The molecule has 0 bridgehead atoms. The van der Waals surface area contributed by atoms with Gasteiger partial charge in [-0.15, -0.1) is 0 Å². The van der Waals surface area contributed by atoms with Crippen molar-refractivity contribution in [2.75, 3.05) is 0 Å². The van der Waals surface area contributed by atoms with Gasteiger partial charge in [0.25, 0.3) is 0 Å². The van der Waals surface area contributed by atoms with E-state index in [1.165, 1.54) is 0 Å². The van der Waals surface area contributed by atoms with E-state index < -0.39 is 13.4 Å². The molecule has 0 amide bonds. The molecule has 4 nitrogen and oxygen atoms in total. The molecule has 0 aromatic heterocycles. The summed E-state index contributed by atoms with van der Waals surface area (Å²) in [4.78, 5) is 0. The van der Waals surface area contributed by atoms with Crippen LogP contribution in [0.3, 0.4) is 0 Å². The summed E-state index contributed by atoms with van der Waals surface area (Å²) in [6.45, 7) is 0. The molecule has 2 N–H and O–H groups in total. The molecule has 7 heteroatoms. The van der Waals surface area contributed by atoms with Gasteiger partial charge < -0.3 is 1.43 Å². The van der Waals surface area contributed by atoms with Crippen molar-refractivity contribution in [3.63, 3.8) is 0 Å². The van der Waals surface area contributed by atoms with E-state index in [0.29, 0.717) is 0 Å². The molecular formula is H3LiMn2O4. The van der Waals surface area contributed by atoms with Gasteiger partial charge in [0.05, 0.1) is 0 Å². The summed E-state index contributed by atoms with van der Waals surface area (Å²) in [6, 6.07) is 0. The molecule has 42 valence electrons. The van der Waals surface area contributed by atoms with Crippen LogP contribution < -0.4 is 18.9 Å². The molecule has 0 saturated carbocycles. The van der Waals surface area contributed by atoms with Gasteiger partial charge in [0.15, 0.2) is 0 Å². The molecular weight excluding hydrogens is 181 g/mol. The van der Waals surface area contributed by atoms with E-state index in [0.717, 1.165) is 0 Å². The predicted octanol–water partition coefficient (Wildman–Crippen LogP) is -4.24. The van der Waals surface area contributed by atoms with Crippen LogP contribution >= 0.6 is 0 Å². The Hall–Kier alpha value is 1.16. The number of rotatable bonds is 0. The van der Waals surface area contributed by atoms with Gasteiger partial charge >= 0.3 is 48.3 Å². The first kappa shape index (κ1) is 15.7. The van der Waals surface area contributed by atoms with Gasteiger partial charge in [-0.25, -0.2) is 0 Å². The van der Waals surface area contributed by atoms with E-state index >= 15 is 0 Å². The van der Waals surface area contributed by atoms with E-state index in [2.05, 4.69) is 0 Å². The van der Waals surface area contributed by atoms with Gasteiger partial charge in [-0.1, -0.05) is 0 Å². The van der Waals surface area contributed by atoms with Gasteiger partial charge in [0, 0.05) is 17.1 Å². The van der Waals surface area contributed by atoms with Crippen molar-refractivity contribution in [1.82, 2.24) is 0 Å². The molecule has 0 heterocycles. The van der Waals surface area contributed by atoms with E-state index in [4.69, 9.17) is 16.0 Å². The van der Waals surface area contributed by atoms with Gasteiger partial charge in [-0.05, 0) is 0 Å². The van der Waals surface area contributed by atoms with Crippen molar-refractivity contribution in [1.29, 1.82) is 0 Å². The van der Waals surface area contributed by atoms with Crippen LogP contribution in [-0.4, -0.2) is 8.38 Å². The monoisotopic (exact) mass is 184 g/mol. The SMILES string of the molecule is [H-].[Li+].[Mn].[O]=[Mn](=[O])([OH])[OH]. The molecule has 0 atom stereocenters.